The number of nitrogens with zero attached hydrogens (tertiary/aromatic N) is 9. The van der Waals surface area contributed by atoms with Crippen molar-refractivity contribution in [3.8, 4) is 12.1 Å². The molecular weight excluding hydrogens is 1320 g/mol. The first-order chi connectivity index (χ1) is 35.0. The van der Waals surface area contributed by atoms with Crippen molar-refractivity contribution in [1.29, 1.82) is 10.5 Å². The van der Waals surface area contributed by atoms with Gasteiger partial charge in [-0.15, -0.1) is 0 Å². The van der Waals surface area contributed by atoms with Crippen molar-refractivity contribution in [3.05, 3.63) is 168 Å². The number of hydrogen-bond acceptors (Lipinski definition) is 15. The van der Waals surface area contributed by atoms with E-state index in [0.29, 0.717) is 45.8 Å². The third-order valence-corrected chi connectivity index (χ3v) is 10.7. The fraction of sp³-hybridized carbons (Fsp3) is 0.245. The molecule has 3 heterocycles. The molecule has 4 N–H and O–H groups in total. The monoisotopic (exact) mass is 1370 g/mol. The van der Waals surface area contributed by atoms with Crippen molar-refractivity contribution in [1.82, 2.24) is 28.7 Å². The number of imidazole rings is 2. The molecule has 0 atom stereocenters. The number of amides is 1. The number of fused-ring (bicyclic) bond motifs is 1. The standard InChI is InChI=1S/C25H24BrN5O4.C17H19BrN4O2.C9H7NO2.C2H3N.U.H2/c1-25(2,3)35-18(32)13-15-8-7-9-16(12-15)14-30-21-19(28-23(30)26)20(27)31(24(34)29-21)22(33)17-10-5-4-6-11-17;1-17(2,3)24-14(23)8-11-5-4-6-12(7-11)10-22-15(20)13(9-19)21-16(22)18;11-7-6-10-9(12)8-4-2-1-3-5-8;1-2-3;;/h4-12H,13-14,27H2,1-3H3;4-7H,8,10,20H2,1-3H3;1-7H;1H3;;1H/i;;;;;1+2. The zero-order chi connectivity index (χ0) is 54.8. The molecule has 22 heteroatoms. The molecule has 0 aliphatic carbocycles. The van der Waals surface area contributed by atoms with E-state index in [0.717, 1.165) is 33.0 Å². The molecule has 0 saturated carbocycles. The molecule has 0 fully saturated rings. The Morgan fingerprint density at radius 2 is 1.15 bits per heavy atom. The second-order valence-corrected chi connectivity index (χ2v) is 19.1. The van der Waals surface area contributed by atoms with Gasteiger partial charge in [0.25, 0.3) is 11.8 Å². The van der Waals surface area contributed by atoms with Gasteiger partial charge in [-0.05, 0) is 120 Å². The van der Waals surface area contributed by atoms with Gasteiger partial charge in [0.2, 0.25) is 0 Å². The van der Waals surface area contributed by atoms with Crippen LogP contribution < -0.4 is 17.2 Å². The number of carbonyl (C=O) groups is 5. The Hall–Kier alpha value is -7.35. The Kier molecular flexibility index (Phi) is 23.9. The Balaban J connectivity index is 0.000000416. The topological polar surface area (TPSA) is 286 Å². The first-order valence-corrected chi connectivity index (χ1v) is 24.0. The van der Waals surface area contributed by atoms with Gasteiger partial charge in [-0.3, -0.25) is 28.5 Å². The maximum absolute atomic E-state index is 12.9. The summed E-state index contributed by atoms with van der Waals surface area (Å²) < 4.78 is 15.8. The zero-order valence-electron chi connectivity index (χ0n) is 42.1. The van der Waals surface area contributed by atoms with Gasteiger partial charge in [-0.1, -0.05) is 84.9 Å². The van der Waals surface area contributed by atoms with Crippen LogP contribution in [0.3, 0.4) is 0 Å². The summed E-state index contributed by atoms with van der Waals surface area (Å²) >= 11 is 6.71. The molecule has 4 aromatic carbocycles. The van der Waals surface area contributed by atoms with Gasteiger partial charge in [0.05, 0.1) is 38.2 Å². The number of hydrogen-bond donors (Lipinski definition) is 2. The van der Waals surface area contributed by atoms with Crippen LogP contribution in [0, 0.1) is 53.8 Å². The number of halogens is 2. The van der Waals surface area contributed by atoms with Crippen LogP contribution in [0.2, 0.25) is 0 Å². The summed E-state index contributed by atoms with van der Waals surface area (Å²) in [6.45, 7) is 13.2. The number of anilines is 2. The van der Waals surface area contributed by atoms with Crippen molar-refractivity contribution in [2.75, 3.05) is 11.5 Å². The van der Waals surface area contributed by atoms with Crippen LogP contribution in [0.15, 0.2) is 128 Å². The smallest absolute Gasteiger partial charge is 0.358 e. The molecule has 0 spiro atoms. The largest absolute Gasteiger partial charge is 0.460 e. The quantitative estimate of drug-likeness (QED) is 0.0531. The first kappa shape index (κ1) is 61.9. The summed E-state index contributed by atoms with van der Waals surface area (Å²) in [4.78, 5) is 86.7. The van der Waals surface area contributed by atoms with Crippen molar-refractivity contribution in [2.24, 2.45) is 4.99 Å². The molecule has 388 valence electrons. The minimum atomic E-state index is -0.795. The number of nitrogen functional groups attached to an aromatic ring is 2. The number of carbonyl (C=O) groups excluding carboxylic acids is 5. The molecule has 0 aliphatic heterocycles. The number of aliphatic imine (C=N–C) groups is 1. The van der Waals surface area contributed by atoms with Crippen molar-refractivity contribution < 1.29 is 66.0 Å². The fourth-order valence-corrected chi connectivity index (χ4v) is 7.62. The molecule has 1 amide bonds. The van der Waals surface area contributed by atoms with E-state index in [9.17, 15) is 28.8 Å². The van der Waals surface area contributed by atoms with Crippen LogP contribution in [-0.4, -0.2) is 76.1 Å². The Labute approximate surface area is 475 Å². The third kappa shape index (κ3) is 19.1. The average Bonchev–Trinajstić information content (AvgIpc) is 3.79. The van der Waals surface area contributed by atoms with Crippen LogP contribution in [0.1, 0.15) is 98.6 Å². The van der Waals surface area contributed by atoms with Crippen molar-refractivity contribution in [2.45, 2.75) is 85.6 Å². The van der Waals surface area contributed by atoms with E-state index in [1.165, 1.54) is 6.92 Å². The van der Waals surface area contributed by atoms with E-state index in [4.69, 9.17) is 31.5 Å². The number of nitriles is 2. The van der Waals surface area contributed by atoms with Crippen LogP contribution in [0.4, 0.5) is 11.6 Å². The molecule has 7 rings (SSSR count). The Morgan fingerprint density at radius 3 is 1.60 bits per heavy atom. The molecule has 0 unspecified atom stereocenters. The maximum Gasteiger partial charge on any atom is 0.358 e. The maximum atomic E-state index is 12.9. The van der Waals surface area contributed by atoms with E-state index in [1.807, 2.05) is 96.1 Å². The summed E-state index contributed by atoms with van der Waals surface area (Å²) in [6.07, 6.45) is 1.75. The number of aldehydes is 1. The summed E-state index contributed by atoms with van der Waals surface area (Å²) in [5.74, 6) is -1.35. The second-order valence-electron chi connectivity index (χ2n) is 17.7. The molecule has 0 radical (unpaired) electrons. The van der Waals surface area contributed by atoms with Gasteiger partial charge < -0.3 is 25.5 Å². The molecule has 0 bridgehead atoms. The van der Waals surface area contributed by atoms with Gasteiger partial charge in [0, 0.05) is 50.6 Å². The predicted octanol–water partition coefficient (Wildman–Crippen LogP) is 8.46. The predicted molar refractivity (Wildman–Crippen MR) is 288 cm³/mol. The minimum Gasteiger partial charge on any atom is -0.460 e. The zero-order valence-corrected chi connectivity index (χ0v) is 49.4. The Bertz CT molecular complexity index is 3320. The second kappa shape index (κ2) is 28.9. The van der Waals surface area contributed by atoms with Crippen molar-refractivity contribution >= 4 is 90.9 Å². The summed E-state index contributed by atoms with van der Waals surface area (Å²) in [6, 6.07) is 35.7. The molecule has 75 heavy (non-hydrogen) atoms. The van der Waals surface area contributed by atoms with Crippen LogP contribution in [0.25, 0.3) is 11.2 Å². The molecule has 0 saturated heterocycles. The number of aromatic nitrogens is 6. The van der Waals surface area contributed by atoms with E-state index in [1.54, 1.807) is 75.9 Å². The van der Waals surface area contributed by atoms with Gasteiger partial charge in [-0.2, -0.15) is 15.5 Å². The van der Waals surface area contributed by atoms with Gasteiger partial charge in [0.1, 0.15) is 34.4 Å². The molecule has 7 aromatic rings. The van der Waals surface area contributed by atoms with E-state index in [-0.39, 0.29) is 80.0 Å². The summed E-state index contributed by atoms with van der Waals surface area (Å²) in [5, 5.41) is 16.3. The van der Waals surface area contributed by atoms with Gasteiger partial charge >= 0.3 is 17.6 Å². The molecule has 19 nitrogen and oxygen atoms in total. The summed E-state index contributed by atoms with van der Waals surface area (Å²) in [5.41, 5.74) is 15.2. The van der Waals surface area contributed by atoms with Gasteiger partial charge in [-0.25, -0.2) is 24.3 Å². The SMILES string of the molecule is CC#N.CC(C)(C)OC(=O)Cc1cccc(Cn2c(Br)nc(C#N)c2N)c1.CC(C)(C)OC(=O)Cc1cccc(Cn2c(Br)nc3c(N)n(C(=O)c4ccccc4)c(=O)nc32)c1.O=CC=NC(=O)c1ccccc1.[3HH].[U]. The van der Waals surface area contributed by atoms with E-state index in [2.05, 4.69) is 51.8 Å². The minimum absolute atomic E-state index is 0. The normalized spacial score (nSPS) is 10.7. The van der Waals surface area contributed by atoms with E-state index >= 15 is 0 Å². The summed E-state index contributed by atoms with van der Waals surface area (Å²) in [7, 11) is 0. The number of nitrogens with two attached hydrogens (primary N) is 2. The van der Waals surface area contributed by atoms with Crippen LogP contribution >= 0.6 is 31.9 Å². The number of benzene rings is 4. The first-order valence-electron chi connectivity index (χ1n) is 22.4. The van der Waals surface area contributed by atoms with E-state index < -0.39 is 28.7 Å². The van der Waals surface area contributed by atoms with Gasteiger partial charge in [0.15, 0.2) is 27.1 Å². The third-order valence-electron chi connectivity index (χ3n) is 9.54. The van der Waals surface area contributed by atoms with Crippen LogP contribution in [0.5, 0.6) is 0 Å². The number of rotatable bonds is 11. The Morgan fingerprint density at radius 1 is 0.693 bits per heavy atom. The number of ether oxygens (including phenoxy) is 2. The molecular formula is C53H55Br2N11O8U. The average molecular weight is 1370 g/mol. The molecule has 0 aliphatic rings. The number of esters is 2. The van der Waals surface area contributed by atoms with Crippen LogP contribution in [-0.2, 0) is 49.8 Å². The van der Waals surface area contributed by atoms with Crippen molar-refractivity contribution in [3.63, 3.8) is 0 Å². The fourth-order valence-electron chi connectivity index (χ4n) is 6.65. The molecule has 3 aromatic heterocycles.